The van der Waals surface area contributed by atoms with Crippen LogP contribution in [0.4, 0.5) is 4.39 Å². The third-order valence-electron chi connectivity index (χ3n) is 2.21. The van der Waals surface area contributed by atoms with E-state index in [0.29, 0.717) is 5.56 Å². The van der Waals surface area contributed by atoms with Gasteiger partial charge in [-0.15, -0.1) is 0 Å². The van der Waals surface area contributed by atoms with E-state index < -0.39 is 17.4 Å². The fraction of sp³-hybridized carbons (Fsp3) is 0.417. The predicted molar refractivity (Wildman–Crippen MR) is 57.4 cm³/mol. The Balaban J connectivity index is 2.80. The molecule has 0 radical (unpaired) electrons. The first-order valence-electron chi connectivity index (χ1n) is 5.10. The summed E-state index contributed by atoms with van der Waals surface area (Å²) in [6.07, 6.45) is -0.0987. The number of halogens is 1. The van der Waals surface area contributed by atoms with E-state index in [-0.39, 0.29) is 13.0 Å². The van der Waals surface area contributed by atoms with Crippen LogP contribution in [-0.2, 0) is 16.0 Å². The maximum Gasteiger partial charge on any atom is 0.338 e. The van der Waals surface area contributed by atoms with Crippen molar-refractivity contribution >= 4 is 5.97 Å². The van der Waals surface area contributed by atoms with Crippen molar-refractivity contribution in [3.8, 4) is 0 Å². The first kappa shape index (κ1) is 12.6. The van der Waals surface area contributed by atoms with Gasteiger partial charge in [0.2, 0.25) is 0 Å². The maximum absolute atomic E-state index is 13.3. The smallest absolute Gasteiger partial charge is 0.338 e. The summed E-state index contributed by atoms with van der Waals surface area (Å²) in [6.45, 7) is 3.15. The monoisotopic (exact) mass is 226 g/mol. The van der Waals surface area contributed by atoms with Crippen LogP contribution < -0.4 is 0 Å². The minimum absolute atomic E-state index is 0.0987. The van der Waals surface area contributed by atoms with Crippen molar-refractivity contribution in [3.63, 3.8) is 0 Å². The topological polar surface area (TPSA) is 46.5 Å². The van der Waals surface area contributed by atoms with Gasteiger partial charge in [-0.2, -0.15) is 0 Å². The summed E-state index contributed by atoms with van der Waals surface area (Å²) in [4.78, 5) is 11.4. The lowest BCUT2D eigenvalue weighted by Gasteiger charge is -2.21. The van der Waals surface area contributed by atoms with Crippen LogP contribution in [0.1, 0.15) is 19.4 Å². The highest BCUT2D eigenvalue weighted by atomic mass is 19.1. The van der Waals surface area contributed by atoms with Crippen molar-refractivity contribution in [2.75, 3.05) is 6.61 Å². The van der Waals surface area contributed by atoms with Crippen molar-refractivity contribution in [2.24, 2.45) is 0 Å². The third-order valence-corrected chi connectivity index (χ3v) is 2.21. The van der Waals surface area contributed by atoms with E-state index in [1.807, 2.05) is 0 Å². The molecule has 0 saturated carbocycles. The number of aliphatic hydroxyl groups is 1. The van der Waals surface area contributed by atoms with Crippen LogP contribution in [0, 0.1) is 5.82 Å². The molecule has 1 aromatic rings. The number of ether oxygens (including phenoxy) is 1. The average molecular weight is 226 g/mol. The normalized spacial score (nSPS) is 14.2. The maximum atomic E-state index is 13.3. The van der Waals surface area contributed by atoms with Gasteiger partial charge in [0, 0.05) is 6.42 Å². The molecule has 1 aromatic carbocycles. The zero-order valence-corrected chi connectivity index (χ0v) is 9.37. The summed E-state index contributed by atoms with van der Waals surface area (Å²) in [5.41, 5.74) is -1.40. The van der Waals surface area contributed by atoms with Crippen molar-refractivity contribution in [1.82, 2.24) is 0 Å². The lowest BCUT2D eigenvalue weighted by atomic mass is 9.96. The van der Waals surface area contributed by atoms with Crippen LogP contribution in [0.3, 0.4) is 0 Å². The molecule has 0 fully saturated rings. The molecule has 88 valence electrons. The molecular formula is C12H15FO3. The minimum Gasteiger partial charge on any atom is -0.464 e. The highest BCUT2D eigenvalue weighted by Crippen LogP contribution is 2.17. The molecular weight excluding hydrogens is 211 g/mol. The largest absolute Gasteiger partial charge is 0.464 e. The van der Waals surface area contributed by atoms with Crippen LogP contribution in [-0.4, -0.2) is 23.3 Å². The van der Waals surface area contributed by atoms with Crippen LogP contribution in [0.25, 0.3) is 0 Å². The van der Waals surface area contributed by atoms with Gasteiger partial charge >= 0.3 is 5.97 Å². The van der Waals surface area contributed by atoms with E-state index >= 15 is 0 Å². The molecule has 0 saturated heterocycles. The van der Waals surface area contributed by atoms with Crippen LogP contribution in [0.15, 0.2) is 24.3 Å². The molecule has 1 unspecified atom stereocenters. The summed E-state index contributed by atoms with van der Waals surface area (Å²) < 4.78 is 18.0. The minimum atomic E-state index is -1.70. The number of benzene rings is 1. The van der Waals surface area contributed by atoms with Gasteiger partial charge < -0.3 is 9.84 Å². The summed E-state index contributed by atoms with van der Waals surface area (Å²) in [7, 11) is 0. The number of carbonyl (C=O) groups excluding carboxylic acids is 1. The van der Waals surface area contributed by atoms with Gasteiger partial charge in [-0.3, -0.25) is 0 Å². The molecule has 1 N–H and O–H groups in total. The summed E-state index contributed by atoms with van der Waals surface area (Å²) in [5.74, 6) is -1.18. The Morgan fingerprint density at radius 1 is 1.50 bits per heavy atom. The third kappa shape index (κ3) is 3.03. The first-order valence-corrected chi connectivity index (χ1v) is 5.10. The fourth-order valence-electron chi connectivity index (χ4n) is 1.37. The van der Waals surface area contributed by atoms with Gasteiger partial charge in [-0.1, -0.05) is 18.2 Å². The second-order valence-corrected chi connectivity index (χ2v) is 3.76. The first-order chi connectivity index (χ1) is 7.47. The Kier molecular flexibility index (Phi) is 4.01. The fourth-order valence-corrected chi connectivity index (χ4v) is 1.37. The SMILES string of the molecule is CCOC(=O)C(C)(O)Cc1ccccc1F. The van der Waals surface area contributed by atoms with Crippen molar-refractivity contribution in [2.45, 2.75) is 25.9 Å². The zero-order chi connectivity index (χ0) is 12.2. The Bertz CT molecular complexity index is 374. The van der Waals surface area contributed by atoms with Gasteiger partial charge in [0.15, 0.2) is 5.60 Å². The number of carbonyl (C=O) groups is 1. The van der Waals surface area contributed by atoms with E-state index in [9.17, 15) is 14.3 Å². The molecule has 1 atom stereocenters. The van der Waals surface area contributed by atoms with Crippen molar-refractivity contribution in [3.05, 3.63) is 35.6 Å². The molecule has 16 heavy (non-hydrogen) atoms. The second kappa shape index (κ2) is 5.07. The van der Waals surface area contributed by atoms with E-state index in [1.165, 1.54) is 19.1 Å². The zero-order valence-electron chi connectivity index (χ0n) is 9.37. The Morgan fingerprint density at radius 3 is 2.69 bits per heavy atom. The van der Waals surface area contributed by atoms with Crippen LogP contribution in [0.5, 0.6) is 0 Å². The van der Waals surface area contributed by atoms with Gasteiger partial charge in [-0.05, 0) is 25.5 Å². The van der Waals surface area contributed by atoms with Gasteiger partial charge in [0.25, 0.3) is 0 Å². The van der Waals surface area contributed by atoms with E-state index in [1.54, 1.807) is 19.1 Å². The molecule has 0 spiro atoms. The highest BCUT2D eigenvalue weighted by molar-refractivity contribution is 5.79. The molecule has 0 bridgehead atoms. The average Bonchev–Trinajstić information content (AvgIpc) is 2.21. The van der Waals surface area contributed by atoms with Gasteiger partial charge in [0.05, 0.1) is 6.61 Å². The standard InChI is InChI=1S/C12H15FO3/c1-3-16-11(14)12(2,15)8-9-6-4-5-7-10(9)13/h4-7,15H,3,8H2,1-2H3. The predicted octanol–water partition coefficient (Wildman–Crippen LogP) is 1.68. The Morgan fingerprint density at radius 2 is 2.12 bits per heavy atom. The summed E-state index contributed by atoms with van der Waals surface area (Å²) in [5, 5.41) is 9.85. The quantitative estimate of drug-likeness (QED) is 0.794. The molecule has 3 nitrogen and oxygen atoms in total. The molecule has 0 heterocycles. The Hall–Kier alpha value is -1.42. The molecule has 0 aliphatic heterocycles. The van der Waals surface area contributed by atoms with Crippen molar-refractivity contribution in [1.29, 1.82) is 0 Å². The lowest BCUT2D eigenvalue weighted by Crippen LogP contribution is -2.39. The molecule has 0 amide bonds. The Labute approximate surface area is 93.9 Å². The molecule has 4 heteroatoms. The van der Waals surface area contributed by atoms with E-state index in [0.717, 1.165) is 0 Å². The molecule has 0 aliphatic rings. The summed E-state index contributed by atoms with van der Waals surface area (Å²) in [6, 6.07) is 6.02. The molecule has 1 rings (SSSR count). The highest BCUT2D eigenvalue weighted by Gasteiger charge is 2.32. The number of hydrogen-bond donors (Lipinski definition) is 1. The number of hydrogen-bond acceptors (Lipinski definition) is 3. The number of rotatable bonds is 4. The molecule has 0 aliphatic carbocycles. The molecule has 0 aromatic heterocycles. The van der Waals surface area contributed by atoms with Crippen LogP contribution >= 0.6 is 0 Å². The number of esters is 1. The van der Waals surface area contributed by atoms with Crippen molar-refractivity contribution < 1.29 is 19.0 Å². The van der Waals surface area contributed by atoms with Crippen LogP contribution in [0.2, 0.25) is 0 Å². The second-order valence-electron chi connectivity index (χ2n) is 3.76. The van der Waals surface area contributed by atoms with Gasteiger partial charge in [0.1, 0.15) is 5.82 Å². The lowest BCUT2D eigenvalue weighted by molar-refractivity contribution is -0.163. The summed E-state index contributed by atoms with van der Waals surface area (Å²) >= 11 is 0. The van der Waals surface area contributed by atoms with E-state index in [4.69, 9.17) is 4.74 Å². The van der Waals surface area contributed by atoms with E-state index in [2.05, 4.69) is 0 Å². The van der Waals surface area contributed by atoms with Gasteiger partial charge in [-0.25, -0.2) is 9.18 Å².